The van der Waals surface area contributed by atoms with Gasteiger partial charge in [0.15, 0.2) is 0 Å². The molecule has 3 heteroatoms. The highest BCUT2D eigenvalue weighted by Gasteiger charge is 2.20. The second-order valence-corrected chi connectivity index (χ2v) is 5.64. The lowest BCUT2D eigenvalue weighted by Crippen LogP contribution is -2.32. The summed E-state index contributed by atoms with van der Waals surface area (Å²) < 4.78 is 5.42. The van der Waals surface area contributed by atoms with Crippen molar-refractivity contribution in [1.82, 2.24) is 10.2 Å². The molecule has 1 aliphatic heterocycles. The standard InChI is InChI=1S/C14H28N2O/c1-16(14-8-11-17-12-14)10-5-3-2-4-9-15-13-6-7-13/h13-15H,2-12H2,1H3. The Kier molecular flexibility index (Phi) is 5.75. The Morgan fingerprint density at radius 1 is 1.12 bits per heavy atom. The van der Waals surface area contributed by atoms with E-state index in [1.165, 1.54) is 58.0 Å². The first-order valence-corrected chi connectivity index (χ1v) is 7.37. The maximum atomic E-state index is 5.42. The molecule has 0 aromatic heterocycles. The molecule has 0 amide bonds. The van der Waals surface area contributed by atoms with Gasteiger partial charge in [-0.3, -0.25) is 0 Å². The number of rotatable bonds is 9. The fraction of sp³-hybridized carbons (Fsp3) is 1.00. The molecule has 17 heavy (non-hydrogen) atoms. The van der Waals surface area contributed by atoms with Crippen LogP contribution >= 0.6 is 0 Å². The molecular formula is C14H28N2O. The summed E-state index contributed by atoms with van der Waals surface area (Å²) in [6.45, 7) is 4.38. The fourth-order valence-electron chi connectivity index (χ4n) is 2.49. The first-order chi connectivity index (χ1) is 8.36. The molecule has 3 nitrogen and oxygen atoms in total. The molecule has 0 aromatic rings. The Bertz CT molecular complexity index is 200. The Morgan fingerprint density at radius 2 is 1.94 bits per heavy atom. The van der Waals surface area contributed by atoms with E-state index in [2.05, 4.69) is 17.3 Å². The molecule has 1 N–H and O–H groups in total. The van der Waals surface area contributed by atoms with E-state index < -0.39 is 0 Å². The molecular weight excluding hydrogens is 212 g/mol. The number of likely N-dealkylation sites (N-methyl/N-ethyl adjacent to an activating group) is 1. The van der Waals surface area contributed by atoms with Crippen LogP contribution in [0.1, 0.15) is 44.9 Å². The Labute approximate surface area is 106 Å². The van der Waals surface area contributed by atoms with Gasteiger partial charge in [-0.25, -0.2) is 0 Å². The van der Waals surface area contributed by atoms with Crippen LogP contribution in [-0.4, -0.2) is 50.3 Å². The lowest BCUT2D eigenvalue weighted by atomic mass is 10.1. The minimum Gasteiger partial charge on any atom is -0.380 e. The van der Waals surface area contributed by atoms with E-state index in [1.54, 1.807) is 0 Å². The quantitative estimate of drug-likeness (QED) is 0.624. The number of ether oxygens (including phenoxy) is 1. The van der Waals surface area contributed by atoms with Crippen molar-refractivity contribution in [2.45, 2.75) is 57.0 Å². The zero-order valence-corrected chi connectivity index (χ0v) is 11.3. The third kappa shape index (κ3) is 5.36. The lowest BCUT2D eigenvalue weighted by molar-refractivity contribution is 0.158. The van der Waals surface area contributed by atoms with Crippen LogP contribution in [0.25, 0.3) is 0 Å². The van der Waals surface area contributed by atoms with Gasteiger partial charge in [-0.2, -0.15) is 0 Å². The smallest absolute Gasteiger partial charge is 0.0622 e. The first-order valence-electron chi connectivity index (χ1n) is 7.37. The summed E-state index contributed by atoms with van der Waals surface area (Å²) in [7, 11) is 2.24. The van der Waals surface area contributed by atoms with Crippen LogP contribution in [0.3, 0.4) is 0 Å². The molecule has 0 aromatic carbocycles. The first kappa shape index (κ1) is 13.3. The maximum absolute atomic E-state index is 5.42. The molecule has 1 aliphatic carbocycles. The van der Waals surface area contributed by atoms with Crippen LogP contribution in [0.5, 0.6) is 0 Å². The van der Waals surface area contributed by atoms with Crippen molar-refractivity contribution in [2.24, 2.45) is 0 Å². The molecule has 1 unspecified atom stereocenters. The van der Waals surface area contributed by atoms with E-state index in [0.29, 0.717) is 6.04 Å². The van der Waals surface area contributed by atoms with Crippen LogP contribution in [0.15, 0.2) is 0 Å². The Balaban J connectivity index is 1.37. The predicted molar refractivity (Wildman–Crippen MR) is 71.3 cm³/mol. The highest BCUT2D eigenvalue weighted by Crippen LogP contribution is 2.18. The molecule has 2 aliphatic rings. The SMILES string of the molecule is CN(CCCCCCNC1CC1)C1CCOC1. The van der Waals surface area contributed by atoms with Gasteiger partial charge in [-0.15, -0.1) is 0 Å². The van der Waals surface area contributed by atoms with Crippen molar-refractivity contribution >= 4 is 0 Å². The molecule has 1 heterocycles. The maximum Gasteiger partial charge on any atom is 0.0622 e. The third-order valence-electron chi connectivity index (χ3n) is 3.98. The second-order valence-electron chi connectivity index (χ2n) is 5.64. The molecule has 0 radical (unpaired) electrons. The number of nitrogens with zero attached hydrogens (tertiary/aromatic N) is 1. The highest BCUT2D eigenvalue weighted by molar-refractivity contribution is 4.80. The van der Waals surface area contributed by atoms with Gasteiger partial charge in [-0.05, 0) is 52.2 Å². The third-order valence-corrected chi connectivity index (χ3v) is 3.98. The summed E-state index contributed by atoms with van der Waals surface area (Å²) in [4.78, 5) is 2.48. The Morgan fingerprint density at radius 3 is 2.65 bits per heavy atom. The van der Waals surface area contributed by atoms with Crippen molar-refractivity contribution in [3.8, 4) is 0 Å². The largest absolute Gasteiger partial charge is 0.380 e. The van der Waals surface area contributed by atoms with Crippen molar-refractivity contribution in [3.05, 3.63) is 0 Å². The van der Waals surface area contributed by atoms with Crippen molar-refractivity contribution in [2.75, 3.05) is 33.4 Å². The van der Waals surface area contributed by atoms with Crippen molar-refractivity contribution in [3.63, 3.8) is 0 Å². The molecule has 1 saturated heterocycles. The second kappa shape index (κ2) is 7.34. The summed E-state index contributed by atoms with van der Waals surface area (Å²) >= 11 is 0. The van der Waals surface area contributed by atoms with E-state index in [0.717, 1.165) is 19.3 Å². The van der Waals surface area contributed by atoms with Crippen LogP contribution in [0.2, 0.25) is 0 Å². The molecule has 2 rings (SSSR count). The molecule has 1 saturated carbocycles. The van der Waals surface area contributed by atoms with Gasteiger partial charge in [0.1, 0.15) is 0 Å². The topological polar surface area (TPSA) is 24.5 Å². The number of hydrogen-bond acceptors (Lipinski definition) is 3. The van der Waals surface area contributed by atoms with E-state index in [4.69, 9.17) is 4.74 Å². The van der Waals surface area contributed by atoms with Gasteiger partial charge in [0.25, 0.3) is 0 Å². The van der Waals surface area contributed by atoms with Crippen molar-refractivity contribution in [1.29, 1.82) is 0 Å². The summed E-state index contributed by atoms with van der Waals surface area (Å²) in [6, 6.07) is 1.56. The zero-order chi connectivity index (χ0) is 11.9. The molecule has 1 atom stereocenters. The van der Waals surface area contributed by atoms with Crippen LogP contribution in [-0.2, 0) is 4.74 Å². The minimum atomic E-state index is 0.687. The van der Waals surface area contributed by atoms with Gasteiger partial charge in [0.05, 0.1) is 6.61 Å². The van der Waals surface area contributed by atoms with Crippen LogP contribution in [0.4, 0.5) is 0 Å². The van der Waals surface area contributed by atoms with E-state index in [-0.39, 0.29) is 0 Å². The summed E-state index contributed by atoms with van der Waals surface area (Å²) in [5.74, 6) is 0. The molecule has 100 valence electrons. The molecule has 0 spiro atoms. The predicted octanol–water partition coefficient (Wildman–Crippen LogP) is 2.02. The monoisotopic (exact) mass is 240 g/mol. The summed E-state index contributed by atoms with van der Waals surface area (Å²) in [5.41, 5.74) is 0. The Hall–Kier alpha value is -0.120. The normalized spacial score (nSPS) is 24.7. The zero-order valence-electron chi connectivity index (χ0n) is 11.3. The lowest BCUT2D eigenvalue weighted by Gasteiger charge is -2.22. The fourth-order valence-corrected chi connectivity index (χ4v) is 2.49. The van der Waals surface area contributed by atoms with E-state index in [1.807, 2.05) is 0 Å². The number of hydrogen-bond donors (Lipinski definition) is 1. The number of unbranched alkanes of at least 4 members (excludes halogenated alkanes) is 3. The minimum absolute atomic E-state index is 0.687. The van der Waals surface area contributed by atoms with Crippen LogP contribution < -0.4 is 5.32 Å². The van der Waals surface area contributed by atoms with E-state index >= 15 is 0 Å². The summed E-state index contributed by atoms with van der Waals surface area (Å²) in [5, 5.41) is 3.57. The molecule has 0 bridgehead atoms. The van der Waals surface area contributed by atoms with Gasteiger partial charge >= 0.3 is 0 Å². The average molecular weight is 240 g/mol. The number of nitrogens with one attached hydrogen (secondary N) is 1. The van der Waals surface area contributed by atoms with Crippen molar-refractivity contribution < 1.29 is 4.74 Å². The summed E-state index contributed by atoms with van der Waals surface area (Å²) in [6.07, 6.45) is 9.51. The molecule has 2 fully saturated rings. The van der Waals surface area contributed by atoms with Gasteiger partial charge in [-0.1, -0.05) is 12.8 Å². The van der Waals surface area contributed by atoms with Gasteiger partial charge in [0.2, 0.25) is 0 Å². The van der Waals surface area contributed by atoms with E-state index in [9.17, 15) is 0 Å². The van der Waals surface area contributed by atoms with Gasteiger partial charge < -0.3 is 15.0 Å². The average Bonchev–Trinajstić information content (AvgIpc) is 2.99. The highest BCUT2D eigenvalue weighted by atomic mass is 16.5. The van der Waals surface area contributed by atoms with Gasteiger partial charge in [0, 0.05) is 18.7 Å². The van der Waals surface area contributed by atoms with Crippen LogP contribution in [0, 0.1) is 0 Å².